The quantitative estimate of drug-likeness (QED) is 0.887. The molecule has 0 saturated carbocycles. The van der Waals surface area contributed by atoms with Crippen LogP contribution in [0, 0.1) is 0 Å². The van der Waals surface area contributed by atoms with Gasteiger partial charge in [0.25, 0.3) is 0 Å². The zero-order chi connectivity index (χ0) is 13.8. The summed E-state index contributed by atoms with van der Waals surface area (Å²) in [4.78, 5) is 16.4. The Balaban J connectivity index is 2.11. The van der Waals surface area contributed by atoms with Gasteiger partial charge in [-0.2, -0.15) is 0 Å². The van der Waals surface area contributed by atoms with Gasteiger partial charge in [0.1, 0.15) is 0 Å². The number of hydrogen-bond donors (Lipinski definition) is 1. The first kappa shape index (κ1) is 14.0. The Kier molecular flexibility index (Phi) is 4.56. The third-order valence-corrected chi connectivity index (χ3v) is 3.85. The van der Waals surface area contributed by atoms with Crippen LogP contribution in [-0.2, 0) is 11.2 Å². The molecular weight excluding hydrogens is 238 g/mol. The second-order valence-corrected chi connectivity index (χ2v) is 5.01. The molecular formula is C15H23N3O. The number of anilines is 1. The van der Waals surface area contributed by atoms with E-state index >= 15 is 0 Å². The van der Waals surface area contributed by atoms with E-state index in [-0.39, 0.29) is 11.9 Å². The average Bonchev–Trinajstić information content (AvgIpc) is 2.45. The average molecular weight is 261 g/mol. The molecule has 2 N–H and O–H groups in total. The van der Waals surface area contributed by atoms with Crippen molar-refractivity contribution in [2.45, 2.75) is 26.3 Å². The molecule has 1 fully saturated rings. The van der Waals surface area contributed by atoms with Crippen molar-refractivity contribution in [3.8, 4) is 0 Å². The van der Waals surface area contributed by atoms with Crippen molar-refractivity contribution in [1.29, 1.82) is 0 Å². The van der Waals surface area contributed by atoms with Gasteiger partial charge in [-0.3, -0.25) is 9.69 Å². The third-order valence-electron chi connectivity index (χ3n) is 3.85. The van der Waals surface area contributed by atoms with E-state index in [0.29, 0.717) is 6.54 Å². The Morgan fingerprint density at radius 3 is 2.53 bits per heavy atom. The molecule has 0 radical (unpaired) electrons. The van der Waals surface area contributed by atoms with Crippen LogP contribution in [0.15, 0.2) is 24.3 Å². The molecule has 1 aromatic carbocycles. The molecule has 1 aliphatic rings. The molecule has 104 valence electrons. The van der Waals surface area contributed by atoms with Crippen LogP contribution in [0.5, 0.6) is 0 Å². The SMILES string of the molecule is CCc1ccc(N2CCN(CCN)C(C)C2=O)cc1. The zero-order valence-electron chi connectivity index (χ0n) is 11.8. The van der Waals surface area contributed by atoms with Crippen molar-refractivity contribution in [1.82, 2.24) is 4.90 Å². The molecule has 0 aliphatic carbocycles. The molecule has 1 atom stereocenters. The summed E-state index contributed by atoms with van der Waals surface area (Å²) in [7, 11) is 0. The van der Waals surface area contributed by atoms with Gasteiger partial charge in [-0.25, -0.2) is 0 Å². The summed E-state index contributed by atoms with van der Waals surface area (Å²) in [5, 5.41) is 0. The molecule has 19 heavy (non-hydrogen) atoms. The number of nitrogens with zero attached hydrogens (tertiary/aromatic N) is 2. The Hall–Kier alpha value is -1.39. The van der Waals surface area contributed by atoms with E-state index < -0.39 is 0 Å². The largest absolute Gasteiger partial charge is 0.329 e. The number of hydrogen-bond acceptors (Lipinski definition) is 3. The molecule has 0 aromatic heterocycles. The molecule has 4 heteroatoms. The van der Waals surface area contributed by atoms with E-state index in [2.05, 4.69) is 24.0 Å². The molecule has 1 aliphatic heterocycles. The van der Waals surface area contributed by atoms with E-state index in [1.165, 1.54) is 5.56 Å². The smallest absolute Gasteiger partial charge is 0.244 e. The van der Waals surface area contributed by atoms with Gasteiger partial charge in [0.2, 0.25) is 5.91 Å². The first-order valence-electron chi connectivity index (χ1n) is 7.01. The van der Waals surface area contributed by atoms with Crippen molar-refractivity contribution in [3.63, 3.8) is 0 Å². The minimum Gasteiger partial charge on any atom is -0.329 e. The van der Waals surface area contributed by atoms with Crippen molar-refractivity contribution in [2.75, 3.05) is 31.1 Å². The lowest BCUT2D eigenvalue weighted by Crippen LogP contribution is -2.56. The highest BCUT2D eigenvalue weighted by Gasteiger charge is 2.31. The first-order valence-corrected chi connectivity index (χ1v) is 7.01. The van der Waals surface area contributed by atoms with E-state index in [1.807, 2.05) is 24.0 Å². The van der Waals surface area contributed by atoms with Crippen molar-refractivity contribution in [3.05, 3.63) is 29.8 Å². The lowest BCUT2D eigenvalue weighted by atomic mass is 10.1. The predicted octanol–water partition coefficient (Wildman–Crippen LogP) is 1.24. The van der Waals surface area contributed by atoms with Crippen LogP contribution in [0.25, 0.3) is 0 Å². The fourth-order valence-corrected chi connectivity index (χ4v) is 2.55. The molecule has 1 saturated heterocycles. The van der Waals surface area contributed by atoms with E-state index in [0.717, 1.165) is 31.7 Å². The highest BCUT2D eigenvalue weighted by atomic mass is 16.2. The predicted molar refractivity (Wildman–Crippen MR) is 78.3 cm³/mol. The summed E-state index contributed by atoms with van der Waals surface area (Å²) in [5.74, 6) is 0.170. The number of carbonyl (C=O) groups excluding carboxylic acids is 1. The van der Waals surface area contributed by atoms with E-state index in [4.69, 9.17) is 5.73 Å². The molecule has 1 aromatic rings. The normalized spacial score (nSPS) is 20.9. The fourth-order valence-electron chi connectivity index (χ4n) is 2.55. The summed E-state index contributed by atoms with van der Waals surface area (Å²) < 4.78 is 0. The summed E-state index contributed by atoms with van der Waals surface area (Å²) in [6.07, 6.45) is 1.02. The second-order valence-electron chi connectivity index (χ2n) is 5.01. The van der Waals surface area contributed by atoms with Crippen LogP contribution in [0.4, 0.5) is 5.69 Å². The summed E-state index contributed by atoms with van der Waals surface area (Å²) in [6.45, 7) is 7.12. The summed E-state index contributed by atoms with van der Waals surface area (Å²) >= 11 is 0. The van der Waals surface area contributed by atoms with Crippen LogP contribution >= 0.6 is 0 Å². The number of nitrogens with two attached hydrogens (primary N) is 1. The van der Waals surface area contributed by atoms with Gasteiger partial charge in [0.05, 0.1) is 6.04 Å². The van der Waals surface area contributed by atoms with Gasteiger partial charge in [-0.15, -0.1) is 0 Å². The van der Waals surface area contributed by atoms with Crippen LogP contribution < -0.4 is 10.6 Å². The van der Waals surface area contributed by atoms with Crippen LogP contribution in [0.2, 0.25) is 0 Å². The number of aryl methyl sites for hydroxylation is 1. The molecule has 2 rings (SSSR count). The molecule has 0 bridgehead atoms. The number of benzene rings is 1. The third kappa shape index (κ3) is 2.96. The minimum atomic E-state index is -0.0804. The topological polar surface area (TPSA) is 49.6 Å². The van der Waals surface area contributed by atoms with Gasteiger partial charge in [0, 0.05) is 31.9 Å². The van der Waals surface area contributed by atoms with Crippen LogP contribution in [0.3, 0.4) is 0 Å². The number of rotatable bonds is 4. The highest BCUT2D eigenvalue weighted by molar-refractivity contribution is 5.97. The number of piperazine rings is 1. The van der Waals surface area contributed by atoms with Crippen LogP contribution in [-0.4, -0.2) is 43.0 Å². The highest BCUT2D eigenvalue weighted by Crippen LogP contribution is 2.20. The van der Waals surface area contributed by atoms with Gasteiger partial charge < -0.3 is 10.6 Å². The fraction of sp³-hybridized carbons (Fsp3) is 0.533. The molecule has 1 amide bonds. The molecule has 4 nitrogen and oxygen atoms in total. The molecule has 1 unspecified atom stereocenters. The Bertz CT molecular complexity index is 430. The maximum atomic E-state index is 12.4. The maximum absolute atomic E-state index is 12.4. The van der Waals surface area contributed by atoms with Gasteiger partial charge >= 0.3 is 0 Å². The lowest BCUT2D eigenvalue weighted by molar-refractivity contribution is -0.125. The van der Waals surface area contributed by atoms with Gasteiger partial charge in [-0.05, 0) is 31.0 Å². The molecule has 0 spiro atoms. The standard InChI is InChI=1S/C15H23N3O/c1-3-13-4-6-14(7-5-13)18-11-10-17(9-8-16)12(2)15(18)19/h4-7,12H,3,8-11,16H2,1-2H3. The minimum absolute atomic E-state index is 0.0804. The van der Waals surface area contributed by atoms with Gasteiger partial charge in [-0.1, -0.05) is 19.1 Å². The maximum Gasteiger partial charge on any atom is 0.244 e. The zero-order valence-corrected chi connectivity index (χ0v) is 11.8. The summed E-state index contributed by atoms with van der Waals surface area (Å²) in [5.41, 5.74) is 7.88. The van der Waals surface area contributed by atoms with E-state index in [1.54, 1.807) is 0 Å². The Labute approximate surface area is 115 Å². The second kappa shape index (κ2) is 6.17. The van der Waals surface area contributed by atoms with Crippen molar-refractivity contribution >= 4 is 11.6 Å². The Morgan fingerprint density at radius 2 is 1.95 bits per heavy atom. The monoisotopic (exact) mass is 261 g/mol. The van der Waals surface area contributed by atoms with Crippen molar-refractivity contribution < 1.29 is 4.79 Å². The van der Waals surface area contributed by atoms with Gasteiger partial charge in [0.15, 0.2) is 0 Å². The van der Waals surface area contributed by atoms with Crippen molar-refractivity contribution in [2.24, 2.45) is 5.73 Å². The number of carbonyl (C=O) groups is 1. The number of amides is 1. The lowest BCUT2D eigenvalue weighted by Gasteiger charge is -2.39. The first-order chi connectivity index (χ1) is 9.17. The summed E-state index contributed by atoms with van der Waals surface area (Å²) in [6, 6.07) is 8.20. The molecule has 1 heterocycles. The van der Waals surface area contributed by atoms with Crippen LogP contribution in [0.1, 0.15) is 19.4 Å². The Morgan fingerprint density at radius 1 is 1.26 bits per heavy atom. The van der Waals surface area contributed by atoms with E-state index in [9.17, 15) is 4.79 Å².